The van der Waals surface area contributed by atoms with Crippen molar-refractivity contribution in [1.82, 2.24) is 15.1 Å². The quantitative estimate of drug-likeness (QED) is 0.830. The van der Waals surface area contributed by atoms with Crippen molar-refractivity contribution in [2.24, 2.45) is 5.41 Å². The van der Waals surface area contributed by atoms with Crippen molar-refractivity contribution in [3.8, 4) is 0 Å². The molecule has 1 aromatic carbocycles. The van der Waals surface area contributed by atoms with Crippen molar-refractivity contribution in [3.63, 3.8) is 0 Å². The molecular weight excluding hydrogens is 343 g/mol. The second-order valence-corrected chi connectivity index (χ2v) is 7.65. The lowest BCUT2D eigenvalue weighted by molar-refractivity contribution is -0.138. The number of carbonyl (C=O) groups is 1. The molecule has 0 spiro atoms. The van der Waals surface area contributed by atoms with E-state index in [-0.39, 0.29) is 23.6 Å². The van der Waals surface area contributed by atoms with Gasteiger partial charge in [0.05, 0.1) is 5.56 Å². The molecule has 1 aliphatic heterocycles. The molecule has 0 aromatic heterocycles. The lowest BCUT2D eigenvalue weighted by Gasteiger charge is -2.25. The Bertz CT molecular complexity index is 637. The zero-order chi connectivity index (χ0) is 18.8. The lowest BCUT2D eigenvalue weighted by atomic mass is 10.1. The molecule has 7 heteroatoms. The maximum Gasteiger partial charge on any atom is 0.416 e. The van der Waals surface area contributed by atoms with E-state index in [1.807, 2.05) is 0 Å². The number of likely N-dealkylation sites (tertiary alicyclic amines) is 1. The Labute approximate surface area is 152 Å². The zero-order valence-electron chi connectivity index (χ0n) is 15.1. The van der Waals surface area contributed by atoms with Gasteiger partial charge in [0.15, 0.2) is 0 Å². The molecule has 3 rings (SSSR count). The number of urea groups is 1. The standard InChI is InChI=1S/C19H26F3N3O/c1-24(12-15-6-2-3-7-16(15)19(20,21)22)17(26)23-13-18(8-9-18)14-25-10-4-5-11-25/h2-3,6-7H,4-5,8-14H2,1H3,(H,23,26). The van der Waals surface area contributed by atoms with Gasteiger partial charge >= 0.3 is 12.2 Å². The number of nitrogens with one attached hydrogen (secondary N) is 1. The molecule has 2 amide bonds. The second-order valence-electron chi connectivity index (χ2n) is 7.65. The zero-order valence-corrected chi connectivity index (χ0v) is 15.1. The minimum atomic E-state index is -4.41. The van der Waals surface area contributed by atoms with Crippen molar-refractivity contribution in [3.05, 3.63) is 35.4 Å². The van der Waals surface area contributed by atoms with Gasteiger partial charge in [0, 0.05) is 32.1 Å². The van der Waals surface area contributed by atoms with Crippen LogP contribution in [-0.2, 0) is 12.7 Å². The molecule has 1 aromatic rings. The predicted octanol–water partition coefficient (Wildman–Crippen LogP) is 3.72. The molecule has 144 valence electrons. The molecule has 0 unspecified atom stereocenters. The average molecular weight is 369 g/mol. The van der Waals surface area contributed by atoms with Crippen molar-refractivity contribution in [2.75, 3.05) is 33.2 Å². The maximum absolute atomic E-state index is 13.1. The molecule has 2 aliphatic rings. The first-order valence-electron chi connectivity index (χ1n) is 9.16. The third-order valence-electron chi connectivity index (χ3n) is 5.41. The Balaban J connectivity index is 1.52. The Hall–Kier alpha value is -1.76. The third-order valence-corrected chi connectivity index (χ3v) is 5.41. The van der Waals surface area contributed by atoms with Crippen LogP contribution in [0, 0.1) is 5.41 Å². The number of halogens is 3. The molecule has 2 fully saturated rings. The highest BCUT2D eigenvalue weighted by Gasteiger charge is 2.44. The van der Waals surface area contributed by atoms with E-state index in [2.05, 4.69) is 10.2 Å². The van der Waals surface area contributed by atoms with Gasteiger partial charge in [-0.1, -0.05) is 18.2 Å². The highest BCUT2D eigenvalue weighted by molar-refractivity contribution is 5.74. The fourth-order valence-corrected chi connectivity index (χ4v) is 3.64. The van der Waals surface area contributed by atoms with Gasteiger partial charge in [0.25, 0.3) is 0 Å². The normalized spacial score (nSPS) is 19.4. The van der Waals surface area contributed by atoms with Gasteiger partial charge in [-0.05, 0) is 50.4 Å². The fraction of sp³-hybridized carbons (Fsp3) is 0.632. The predicted molar refractivity (Wildman–Crippen MR) is 93.7 cm³/mol. The Kier molecular flexibility index (Phi) is 5.46. The summed E-state index contributed by atoms with van der Waals surface area (Å²) in [6.45, 7) is 3.79. The summed E-state index contributed by atoms with van der Waals surface area (Å²) < 4.78 is 39.2. The SMILES string of the molecule is CN(Cc1ccccc1C(F)(F)F)C(=O)NCC1(CN2CCCC2)CC1. The molecule has 1 aliphatic carbocycles. The summed E-state index contributed by atoms with van der Waals surface area (Å²) >= 11 is 0. The van der Waals surface area contributed by atoms with Gasteiger partial charge < -0.3 is 15.1 Å². The number of amides is 2. The average Bonchev–Trinajstić information content (AvgIpc) is 3.15. The first kappa shape index (κ1) is 19.0. The van der Waals surface area contributed by atoms with E-state index < -0.39 is 11.7 Å². The lowest BCUT2D eigenvalue weighted by Crippen LogP contribution is -2.42. The molecule has 0 atom stereocenters. The third kappa shape index (κ3) is 4.69. The van der Waals surface area contributed by atoms with Gasteiger partial charge in [-0.2, -0.15) is 13.2 Å². The highest BCUT2D eigenvalue weighted by atomic mass is 19.4. The molecule has 1 saturated carbocycles. The van der Waals surface area contributed by atoms with Crippen LogP contribution < -0.4 is 5.32 Å². The monoisotopic (exact) mass is 369 g/mol. The number of hydrogen-bond donors (Lipinski definition) is 1. The van der Waals surface area contributed by atoms with Crippen LogP contribution >= 0.6 is 0 Å². The van der Waals surface area contributed by atoms with Gasteiger partial charge in [-0.3, -0.25) is 0 Å². The van der Waals surface area contributed by atoms with Crippen LogP contribution in [0.5, 0.6) is 0 Å². The molecule has 1 N–H and O–H groups in total. The van der Waals surface area contributed by atoms with Crippen molar-refractivity contribution in [1.29, 1.82) is 0 Å². The van der Waals surface area contributed by atoms with E-state index in [0.717, 1.165) is 38.5 Å². The van der Waals surface area contributed by atoms with E-state index in [9.17, 15) is 18.0 Å². The van der Waals surface area contributed by atoms with Gasteiger partial charge in [-0.15, -0.1) is 0 Å². The number of hydrogen-bond acceptors (Lipinski definition) is 2. The van der Waals surface area contributed by atoms with Gasteiger partial charge in [-0.25, -0.2) is 4.79 Å². The molecule has 0 bridgehead atoms. The van der Waals surface area contributed by atoms with Crippen LogP contribution in [0.1, 0.15) is 36.8 Å². The summed E-state index contributed by atoms with van der Waals surface area (Å²) in [5, 5.41) is 2.92. The molecule has 26 heavy (non-hydrogen) atoms. The minimum absolute atomic E-state index is 0.0688. The summed E-state index contributed by atoms with van der Waals surface area (Å²) in [5.41, 5.74) is -0.423. The maximum atomic E-state index is 13.1. The van der Waals surface area contributed by atoms with Gasteiger partial charge in [0.2, 0.25) is 0 Å². The number of rotatable bonds is 6. The largest absolute Gasteiger partial charge is 0.416 e. The second kappa shape index (κ2) is 7.47. The van der Waals surface area contributed by atoms with Crippen LogP contribution in [0.25, 0.3) is 0 Å². The minimum Gasteiger partial charge on any atom is -0.337 e. The Morgan fingerprint density at radius 2 is 1.88 bits per heavy atom. The highest BCUT2D eigenvalue weighted by Crippen LogP contribution is 2.46. The Morgan fingerprint density at radius 1 is 1.23 bits per heavy atom. The Morgan fingerprint density at radius 3 is 2.50 bits per heavy atom. The van der Waals surface area contributed by atoms with Crippen molar-refractivity contribution < 1.29 is 18.0 Å². The van der Waals surface area contributed by atoms with E-state index in [4.69, 9.17) is 0 Å². The van der Waals surface area contributed by atoms with Gasteiger partial charge in [0.1, 0.15) is 0 Å². The fourth-order valence-electron chi connectivity index (χ4n) is 3.64. The first-order chi connectivity index (χ1) is 12.3. The van der Waals surface area contributed by atoms with Crippen LogP contribution in [0.2, 0.25) is 0 Å². The number of benzene rings is 1. The molecule has 4 nitrogen and oxygen atoms in total. The van der Waals surface area contributed by atoms with Crippen molar-refractivity contribution in [2.45, 2.75) is 38.4 Å². The van der Waals surface area contributed by atoms with E-state index in [0.29, 0.717) is 6.54 Å². The topological polar surface area (TPSA) is 35.6 Å². The van der Waals surface area contributed by atoms with Crippen LogP contribution in [0.15, 0.2) is 24.3 Å². The molecule has 0 radical (unpaired) electrons. The van der Waals surface area contributed by atoms with Crippen LogP contribution in [0.4, 0.5) is 18.0 Å². The molecule has 1 saturated heterocycles. The van der Waals surface area contributed by atoms with E-state index in [1.165, 1.54) is 36.9 Å². The number of carbonyl (C=O) groups excluding carboxylic acids is 1. The smallest absolute Gasteiger partial charge is 0.337 e. The molecule has 1 heterocycles. The first-order valence-corrected chi connectivity index (χ1v) is 9.16. The van der Waals surface area contributed by atoms with E-state index in [1.54, 1.807) is 6.07 Å². The van der Waals surface area contributed by atoms with Crippen LogP contribution in [0.3, 0.4) is 0 Å². The summed E-state index contributed by atoms with van der Waals surface area (Å²) in [4.78, 5) is 16.1. The number of nitrogens with zero attached hydrogens (tertiary/aromatic N) is 2. The number of alkyl halides is 3. The summed E-state index contributed by atoms with van der Waals surface area (Å²) in [7, 11) is 1.53. The van der Waals surface area contributed by atoms with E-state index >= 15 is 0 Å². The van der Waals surface area contributed by atoms with Crippen LogP contribution in [-0.4, -0.2) is 49.1 Å². The van der Waals surface area contributed by atoms with Crippen molar-refractivity contribution >= 4 is 6.03 Å². The summed E-state index contributed by atoms with van der Waals surface area (Å²) in [6, 6.07) is 5.07. The molecular formula is C19H26F3N3O. The summed E-state index contributed by atoms with van der Waals surface area (Å²) in [6.07, 6.45) is 0.268. The summed E-state index contributed by atoms with van der Waals surface area (Å²) in [5.74, 6) is 0.